The van der Waals surface area contributed by atoms with Crippen LogP contribution in [0.2, 0.25) is 10.3 Å². The molecule has 10 heteroatoms. The topological polar surface area (TPSA) is 98.0 Å². The highest BCUT2D eigenvalue weighted by molar-refractivity contribution is 7.92. The van der Waals surface area contributed by atoms with Gasteiger partial charge in [0.1, 0.15) is 17.8 Å². The van der Waals surface area contributed by atoms with Crippen molar-refractivity contribution < 1.29 is 12.8 Å². The molecular formula is C11H9Cl2FN4O2S. The van der Waals surface area contributed by atoms with Crippen molar-refractivity contribution in [3.8, 4) is 0 Å². The molecule has 0 unspecified atom stereocenters. The van der Waals surface area contributed by atoms with Gasteiger partial charge in [-0.15, -0.1) is 0 Å². The van der Waals surface area contributed by atoms with Crippen LogP contribution in [0, 0.1) is 12.7 Å². The number of sulfonamides is 1. The molecule has 0 saturated heterocycles. The summed E-state index contributed by atoms with van der Waals surface area (Å²) in [7, 11) is -4.07. The number of nitrogens with zero attached hydrogens (tertiary/aromatic N) is 2. The van der Waals surface area contributed by atoms with Crippen molar-refractivity contribution in [1.82, 2.24) is 9.97 Å². The number of nitrogens with two attached hydrogens (primary N) is 1. The number of benzene rings is 1. The number of aromatic nitrogens is 2. The summed E-state index contributed by atoms with van der Waals surface area (Å²) in [6.45, 7) is 1.43. The zero-order valence-corrected chi connectivity index (χ0v) is 12.9. The number of hydrogen-bond acceptors (Lipinski definition) is 5. The maximum Gasteiger partial charge on any atom is 0.262 e. The number of hydrogen-bond donors (Lipinski definition) is 2. The second-order valence-corrected chi connectivity index (χ2v) is 6.44. The monoisotopic (exact) mass is 350 g/mol. The number of rotatable bonds is 3. The standard InChI is InChI=1S/C11H9Cl2FN4O2S/c1-5-2-6(14)7(15)3-8(5)21(19,20)18-9-10(12)16-4-17-11(9)13/h2-4,18H,15H2,1H3. The van der Waals surface area contributed by atoms with Gasteiger partial charge in [0, 0.05) is 0 Å². The van der Waals surface area contributed by atoms with Gasteiger partial charge < -0.3 is 5.73 Å². The molecule has 21 heavy (non-hydrogen) atoms. The van der Waals surface area contributed by atoms with E-state index in [0.29, 0.717) is 0 Å². The molecule has 0 saturated carbocycles. The fraction of sp³-hybridized carbons (Fsp3) is 0.0909. The minimum absolute atomic E-state index is 0.161. The van der Waals surface area contributed by atoms with Gasteiger partial charge in [0.15, 0.2) is 10.3 Å². The van der Waals surface area contributed by atoms with E-state index in [9.17, 15) is 12.8 Å². The Labute approximate surface area is 130 Å². The molecule has 0 fully saturated rings. The third kappa shape index (κ3) is 3.17. The van der Waals surface area contributed by atoms with Gasteiger partial charge in [-0.2, -0.15) is 0 Å². The van der Waals surface area contributed by atoms with Crippen LogP contribution in [0.5, 0.6) is 0 Å². The van der Waals surface area contributed by atoms with Gasteiger partial charge in [-0.25, -0.2) is 22.8 Å². The van der Waals surface area contributed by atoms with E-state index in [1.165, 1.54) is 6.92 Å². The Bertz CT molecular complexity index is 794. The third-order valence-corrected chi connectivity index (χ3v) is 4.64. The van der Waals surface area contributed by atoms with Gasteiger partial charge in [0.25, 0.3) is 10.0 Å². The van der Waals surface area contributed by atoms with Crippen molar-refractivity contribution in [1.29, 1.82) is 0 Å². The Morgan fingerprint density at radius 2 is 1.81 bits per heavy atom. The van der Waals surface area contributed by atoms with Crippen molar-refractivity contribution in [2.45, 2.75) is 11.8 Å². The van der Waals surface area contributed by atoms with E-state index in [4.69, 9.17) is 28.9 Å². The summed E-state index contributed by atoms with van der Waals surface area (Å²) in [6, 6.07) is 2.03. The van der Waals surface area contributed by atoms with Crippen molar-refractivity contribution in [2.75, 3.05) is 10.5 Å². The zero-order valence-electron chi connectivity index (χ0n) is 10.6. The average molecular weight is 351 g/mol. The first-order valence-corrected chi connectivity index (χ1v) is 7.70. The Morgan fingerprint density at radius 3 is 2.38 bits per heavy atom. The smallest absolute Gasteiger partial charge is 0.262 e. The summed E-state index contributed by atoms with van der Waals surface area (Å²) in [5.41, 5.74) is 5.12. The molecule has 2 rings (SSSR count). The van der Waals surface area contributed by atoms with E-state index in [1.54, 1.807) is 0 Å². The van der Waals surface area contributed by atoms with Crippen molar-refractivity contribution >= 4 is 44.6 Å². The van der Waals surface area contributed by atoms with E-state index in [1.807, 2.05) is 0 Å². The second kappa shape index (κ2) is 5.63. The van der Waals surface area contributed by atoms with Crippen molar-refractivity contribution in [3.05, 3.63) is 40.1 Å². The molecule has 0 atom stereocenters. The van der Waals surface area contributed by atoms with Gasteiger partial charge in [0.05, 0.1) is 10.6 Å². The summed E-state index contributed by atoms with van der Waals surface area (Å²) >= 11 is 11.5. The first-order valence-electron chi connectivity index (χ1n) is 5.47. The minimum atomic E-state index is -4.07. The Hall–Kier alpha value is -1.64. The van der Waals surface area contributed by atoms with Crippen LogP contribution in [-0.2, 0) is 10.0 Å². The van der Waals surface area contributed by atoms with Crippen molar-refractivity contribution in [3.63, 3.8) is 0 Å². The van der Waals surface area contributed by atoms with Crippen LogP contribution in [0.4, 0.5) is 15.8 Å². The third-order valence-electron chi connectivity index (χ3n) is 2.57. The average Bonchev–Trinajstić information content (AvgIpc) is 2.38. The van der Waals surface area contributed by atoms with Crippen LogP contribution in [0.3, 0.4) is 0 Å². The van der Waals surface area contributed by atoms with E-state index < -0.39 is 15.8 Å². The maximum absolute atomic E-state index is 13.3. The molecule has 3 N–H and O–H groups in total. The number of halogens is 3. The molecule has 112 valence electrons. The van der Waals surface area contributed by atoms with Gasteiger partial charge >= 0.3 is 0 Å². The molecule has 0 bridgehead atoms. The maximum atomic E-state index is 13.3. The van der Waals surface area contributed by atoms with Gasteiger partial charge in [-0.1, -0.05) is 23.2 Å². The Morgan fingerprint density at radius 1 is 1.24 bits per heavy atom. The van der Waals surface area contributed by atoms with Crippen molar-refractivity contribution in [2.24, 2.45) is 0 Å². The molecule has 1 aromatic carbocycles. The van der Waals surface area contributed by atoms with E-state index >= 15 is 0 Å². The lowest BCUT2D eigenvalue weighted by Gasteiger charge is -2.12. The molecule has 0 amide bonds. The molecular weight excluding hydrogens is 342 g/mol. The molecule has 0 aliphatic carbocycles. The minimum Gasteiger partial charge on any atom is -0.396 e. The van der Waals surface area contributed by atoms with Gasteiger partial charge in [0.2, 0.25) is 0 Å². The highest BCUT2D eigenvalue weighted by Crippen LogP contribution is 2.30. The molecule has 0 radical (unpaired) electrons. The molecule has 0 aliphatic heterocycles. The lowest BCUT2D eigenvalue weighted by atomic mass is 10.2. The largest absolute Gasteiger partial charge is 0.396 e. The fourth-order valence-corrected chi connectivity index (χ4v) is 3.43. The Kier molecular flexibility index (Phi) is 4.22. The van der Waals surface area contributed by atoms with Crippen LogP contribution in [0.1, 0.15) is 5.56 Å². The normalized spacial score (nSPS) is 11.4. The highest BCUT2D eigenvalue weighted by Gasteiger charge is 2.22. The van der Waals surface area contributed by atoms with Crippen LogP contribution >= 0.6 is 23.2 Å². The van der Waals surface area contributed by atoms with Crippen LogP contribution in [-0.4, -0.2) is 18.4 Å². The van der Waals surface area contributed by atoms with Crippen LogP contribution in [0.25, 0.3) is 0 Å². The Balaban J connectivity index is 2.51. The highest BCUT2D eigenvalue weighted by atomic mass is 35.5. The quantitative estimate of drug-likeness (QED) is 0.654. The predicted molar refractivity (Wildman–Crippen MR) is 78.4 cm³/mol. The first-order chi connectivity index (χ1) is 9.72. The number of nitrogens with one attached hydrogen (secondary N) is 1. The molecule has 1 heterocycles. The lowest BCUT2D eigenvalue weighted by Crippen LogP contribution is -2.16. The lowest BCUT2D eigenvalue weighted by molar-refractivity contribution is 0.599. The van der Waals surface area contributed by atoms with Gasteiger partial charge in [-0.05, 0) is 24.6 Å². The molecule has 0 spiro atoms. The van der Waals surface area contributed by atoms with E-state index in [0.717, 1.165) is 18.5 Å². The molecule has 6 nitrogen and oxygen atoms in total. The summed E-state index contributed by atoms with van der Waals surface area (Å²) < 4.78 is 40.1. The summed E-state index contributed by atoms with van der Waals surface area (Å²) in [5.74, 6) is -0.703. The van der Waals surface area contributed by atoms with E-state index in [2.05, 4.69) is 14.7 Å². The number of anilines is 2. The predicted octanol–water partition coefficient (Wildman–Crippen LogP) is 2.61. The molecule has 1 aromatic heterocycles. The SMILES string of the molecule is Cc1cc(F)c(N)cc1S(=O)(=O)Nc1c(Cl)ncnc1Cl. The fourth-order valence-electron chi connectivity index (χ4n) is 1.58. The summed E-state index contributed by atoms with van der Waals surface area (Å²) in [6.07, 6.45) is 1.09. The molecule has 0 aliphatic rings. The second-order valence-electron chi connectivity index (χ2n) is 4.08. The summed E-state index contributed by atoms with van der Waals surface area (Å²) in [4.78, 5) is 7.06. The first kappa shape index (κ1) is 15.7. The zero-order chi connectivity index (χ0) is 15.8. The van der Waals surface area contributed by atoms with Gasteiger partial charge in [-0.3, -0.25) is 4.72 Å². The van der Waals surface area contributed by atoms with E-state index in [-0.39, 0.29) is 32.1 Å². The van der Waals surface area contributed by atoms with Crippen LogP contribution < -0.4 is 10.5 Å². The number of nitrogen functional groups attached to an aromatic ring is 1. The van der Waals surface area contributed by atoms with Crippen LogP contribution in [0.15, 0.2) is 23.4 Å². The number of aryl methyl sites for hydroxylation is 1. The molecule has 2 aromatic rings. The summed E-state index contributed by atoms with van der Waals surface area (Å²) in [5, 5.41) is -0.322.